The summed E-state index contributed by atoms with van der Waals surface area (Å²) in [5, 5.41) is 9.71. The van der Waals surface area contributed by atoms with Crippen molar-refractivity contribution in [2.45, 2.75) is 13.3 Å². The molecule has 1 heterocycles. The van der Waals surface area contributed by atoms with E-state index < -0.39 is 0 Å². The molecular weight excluding hydrogens is 405 g/mol. The molecule has 0 fully saturated rings. The van der Waals surface area contributed by atoms with Gasteiger partial charge in [-0.3, -0.25) is 8.77 Å². The van der Waals surface area contributed by atoms with Gasteiger partial charge in [0.05, 0.1) is 17.3 Å². The predicted molar refractivity (Wildman–Crippen MR) is 95.4 cm³/mol. The number of carbonyl (C=O) groups is 1. The Labute approximate surface area is 138 Å². The monoisotopic (exact) mass is 417 g/mol. The van der Waals surface area contributed by atoms with E-state index >= 15 is 0 Å². The molecule has 104 valence electrons. The molecule has 20 heavy (non-hydrogen) atoms. The van der Waals surface area contributed by atoms with E-state index in [9.17, 15) is 4.79 Å². The Kier molecular flexibility index (Phi) is 5.23. The summed E-state index contributed by atoms with van der Waals surface area (Å²) in [5.41, 5.74) is 3.71. The van der Waals surface area contributed by atoms with E-state index in [4.69, 9.17) is 5.26 Å². The summed E-state index contributed by atoms with van der Waals surface area (Å²) in [7, 11) is 1.44. The van der Waals surface area contributed by atoms with E-state index in [-0.39, 0.29) is 12.2 Å². The average Bonchev–Trinajstić information content (AvgIpc) is 2.77. The first kappa shape index (κ1) is 15.5. The summed E-state index contributed by atoms with van der Waals surface area (Å²) in [6.07, 6.45) is 1.88. The maximum absolute atomic E-state index is 12.0. The van der Waals surface area contributed by atoms with Crippen LogP contribution in [0.2, 0.25) is 0 Å². The van der Waals surface area contributed by atoms with Crippen LogP contribution in [0.1, 0.15) is 22.5 Å². The number of fused-ring (bicyclic) bond motifs is 1. The van der Waals surface area contributed by atoms with Crippen LogP contribution in [0.4, 0.5) is 5.69 Å². The minimum absolute atomic E-state index is 0.0948. The van der Waals surface area contributed by atoms with Crippen LogP contribution in [0.25, 0.3) is 10.9 Å². The topological polar surface area (TPSA) is 57.8 Å². The molecule has 2 aromatic rings. The number of benzene rings is 1. The Hall–Kier alpha value is -0.850. The highest BCUT2D eigenvalue weighted by atomic mass is 127. The van der Waals surface area contributed by atoms with E-state index in [1.165, 1.54) is 21.1 Å². The van der Waals surface area contributed by atoms with Crippen molar-refractivity contribution in [1.29, 1.82) is 5.26 Å². The summed E-state index contributed by atoms with van der Waals surface area (Å²) >= 11 is 3.68. The number of anilines is 1. The zero-order chi connectivity index (χ0) is 14.7. The maximum atomic E-state index is 12.0. The molecule has 0 atom stereocenters. The predicted octanol–water partition coefficient (Wildman–Crippen LogP) is 4.58. The molecule has 0 unspecified atom stereocenters. The molecule has 0 spiro atoms. The van der Waals surface area contributed by atoms with Crippen LogP contribution in [0.5, 0.6) is 0 Å². The van der Waals surface area contributed by atoms with Crippen molar-refractivity contribution in [1.82, 2.24) is 3.97 Å². The van der Waals surface area contributed by atoms with E-state index in [2.05, 4.69) is 32.0 Å². The second-order valence-corrected chi connectivity index (χ2v) is 6.48. The first-order valence-corrected chi connectivity index (χ1v) is 10.3. The van der Waals surface area contributed by atoms with Crippen LogP contribution in [0.15, 0.2) is 18.2 Å². The maximum Gasteiger partial charge on any atom is 0.194 e. The summed E-state index contributed by atoms with van der Waals surface area (Å²) in [5.74, 6) is -0.148. The molecule has 1 aromatic heterocycles. The van der Waals surface area contributed by atoms with E-state index in [1.54, 1.807) is 0 Å². The number of hydrogen-bond donors (Lipinski definition) is 1. The van der Waals surface area contributed by atoms with Crippen LogP contribution >= 0.6 is 42.3 Å². The van der Waals surface area contributed by atoms with Crippen molar-refractivity contribution < 1.29 is 4.79 Å². The third-order valence-corrected chi connectivity index (χ3v) is 5.05. The SMILES string of the molecule is CSNc1cc2c(cc1C)cc(C(=O)CC#N)n2SI. The number of nitrogens with one attached hydrogen (secondary N) is 1. The first-order chi connectivity index (χ1) is 9.62. The number of rotatable bonds is 5. The third-order valence-electron chi connectivity index (χ3n) is 2.91. The highest BCUT2D eigenvalue weighted by Crippen LogP contribution is 2.33. The van der Waals surface area contributed by atoms with Crippen LogP contribution < -0.4 is 4.72 Å². The van der Waals surface area contributed by atoms with Gasteiger partial charge in [0.2, 0.25) is 0 Å². The van der Waals surface area contributed by atoms with Crippen LogP contribution in [-0.4, -0.2) is 16.0 Å². The van der Waals surface area contributed by atoms with Gasteiger partial charge in [-0.25, -0.2) is 0 Å². The highest BCUT2D eigenvalue weighted by molar-refractivity contribution is 14.2. The molecule has 0 aliphatic heterocycles. The second kappa shape index (κ2) is 6.74. The van der Waals surface area contributed by atoms with Crippen LogP contribution in [0, 0.1) is 18.3 Å². The standard InChI is InChI=1S/C13H12IN3OS2/c1-8-5-9-6-12(13(18)3-4-15)17(20-14)11(9)7-10(8)16-19-2/h5-7,16H,3H2,1-2H3. The van der Waals surface area contributed by atoms with Crippen molar-refractivity contribution in [3.8, 4) is 6.07 Å². The Balaban J connectivity index is 2.63. The number of nitriles is 1. The van der Waals surface area contributed by atoms with Crippen molar-refractivity contribution in [2.75, 3.05) is 11.0 Å². The van der Waals surface area contributed by atoms with Gasteiger partial charge in [-0.05, 0) is 30.7 Å². The molecule has 0 saturated heterocycles. The lowest BCUT2D eigenvalue weighted by Gasteiger charge is -2.08. The normalized spacial score (nSPS) is 10.5. The number of halogens is 1. The fourth-order valence-electron chi connectivity index (χ4n) is 2.00. The van der Waals surface area contributed by atoms with Gasteiger partial charge in [-0.1, -0.05) is 11.9 Å². The van der Waals surface area contributed by atoms with Crippen molar-refractivity contribution in [3.63, 3.8) is 0 Å². The van der Waals surface area contributed by atoms with Gasteiger partial charge in [0.25, 0.3) is 0 Å². The fourth-order valence-corrected chi connectivity index (χ4v) is 4.17. The van der Waals surface area contributed by atoms with Crippen molar-refractivity contribution >= 4 is 64.6 Å². The number of Topliss-reactive ketones (excluding diaryl/α,β-unsaturated/α-hetero) is 1. The molecule has 1 aromatic carbocycles. The summed E-state index contributed by atoms with van der Waals surface area (Å²) in [6.45, 7) is 2.03. The molecule has 2 rings (SSSR count). The largest absolute Gasteiger partial charge is 0.330 e. The molecule has 7 heteroatoms. The van der Waals surface area contributed by atoms with E-state index in [0.717, 1.165) is 22.2 Å². The lowest BCUT2D eigenvalue weighted by atomic mass is 10.1. The molecule has 0 bridgehead atoms. The average molecular weight is 417 g/mol. The van der Waals surface area contributed by atoms with Crippen molar-refractivity contribution in [2.24, 2.45) is 0 Å². The Morgan fingerprint density at radius 3 is 2.85 bits per heavy atom. The zero-order valence-electron chi connectivity index (χ0n) is 10.9. The lowest BCUT2D eigenvalue weighted by molar-refractivity contribution is 0.0993. The molecule has 0 radical (unpaired) electrons. The third kappa shape index (κ3) is 2.92. The van der Waals surface area contributed by atoms with Gasteiger partial charge in [0, 0.05) is 47.7 Å². The Morgan fingerprint density at radius 1 is 1.50 bits per heavy atom. The smallest absolute Gasteiger partial charge is 0.194 e. The summed E-state index contributed by atoms with van der Waals surface area (Å²) < 4.78 is 5.11. The minimum atomic E-state index is -0.148. The number of hydrogen-bond acceptors (Lipinski definition) is 5. The summed E-state index contributed by atoms with van der Waals surface area (Å²) in [6, 6.07) is 7.87. The number of ketones is 1. The molecule has 0 saturated carbocycles. The first-order valence-electron chi connectivity index (χ1n) is 5.76. The molecule has 0 aliphatic rings. The molecule has 4 nitrogen and oxygen atoms in total. The zero-order valence-corrected chi connectivity index (χ0v) is 14.7. The minimum Gasteiger partial charge on any atom is -0.330 e. The van der Waals surface area contributed by atoms with Gasteiger partial charge < -0.3 is 4.72 Å². The van der Waals surface area contributed by atoms with Crippen LogP contribution in [-0.2, 0) is 0 Å². The summed E-state index contributed by atoms with van der Waals surface area (Å²) in [4.78, 5) is 12.0. The van der Waals surface area contributed by atoms with Gasteiger partial charge in [-0.15, -0.1) is 0 Å². The molecule has 0 amide bonds. The fraction of sp³-hybridized carbons (Fsp3) is 0.231. The number of carbonyl (C=O) groups excluding carboxylic acids is 1. The number of nitrogens with zero attached hydrogens (tertiary/aromatic N) is 2. The molecular formula is C13H12IN3OS2. The van der Waals surface area contributed by atoms with Gasteiger partial charge >= 0.3 is 0 Å². The van der Waals surface area contributed by atoms with Crippen LogP contribution in [0.3, 0.4) is 0 Å². The molecule has 1 N–H and O–H groups in total. The van der Waals surface area contributed by atoms with Gasteiger partial charge in [-0.2, -0.15) is 5.26 Å². The lowest BCUT2D eigenvalue weighted by Crippen LogP contribution is -2.02. The van der Waals surface area contributed by atoms with Crippen molar-refractivity contribution in [3.05, 3.63) is 29.5 Å². The molecule has 0 aliphatic carbocycles. The quantitative estimate of drug-likeness (QED) is 0.439. The van der Waals surface area contributed by atoms with Gasteiger partial charge in [0.1, 0.15) is 6.42 Å². The van der Waals surface area contributed by atoms with Gasteiger partial charge in [0.15, 0.2) is 5.78 Å². The number of aryl methyl sites for hydroxylation is 1. The van der Waals surface area contributed by atoms with E-state index in [0.29, 0.717) is 5.69 Å². The number of aromatic nitrogens is 1. The highest BCUT2D eigenvalue weighted by Gasteiger charge is 2.16. The Bertz CT molecular complexity index is 706. The second-order valence-electron chi connectivity index (χ2n) is 4.18. The van der Waals surface area contributed by atoms with E-state index in [1.807, 2.05) is 35.4 Å². The Morgan fingerprint density at radius 2 is 2.25 bits per heavy atom.